The number of nitriles is 1. The highest BCUT2D eigenvalue weighted by Crippen LogP contribution is 2.17. The SMILES string of the molecule is N#Cc1ccccc1C1=CC=CON1. The Labute approximate surface area is 81.9 Å². The van der Waals surface area contributed by atoms with Crippen LogP contribution in [0.3, 0.4) is 0 Å². The van der Waals surface area contributed by atoms with Gasteiger partial charge in [0.25, 0.3) is 0 Å². The Morgan fingerprint density at radius 3 is 2.86 bits per heavy atom. The zero-order valence-electron chi connectivity index (χ0n) is 7.40. The van der Waals surface area contributed by atoms with Crippen LogP contribution in [-0.2, 0) is 4.84 Å². The second kappa shape index (κ2) is 3.67. The maximum absolute atomic E-state index is 8.89. The molecule has 0 unspecified atom stereocenters. The fourth-order valence-electron chi connectivity index (χ4n) is 1.27. The van der Waals surface area contributed by atoms with Crippen LogP contribution >= 0.6 is 0 Å². The highest BCUT2D eigenvalue weighted by molar-refractivity contribution is 5.70. The van der Waals surface area contributed by atoms with E-state index in [-0.39, 0.29) is 0 Å². The highest BCUT2D eigenvalue weighted by Gasteiger charge is 2.07. The molecule has 0 aliphatic carbocycles. The second-order valence-electron chi connectivity index (χ2n) is 2.79. The fraction of sp³-hybridized carbons (Fsp3) is 0. The first-order valence-corrected chi connectivity index (χ1v) is 4.20. The first-order valence-electron chi connectivity index (χ1n) is 4.20. The minimum absolute atomic E-state index is 0.630. The molecule has 1 heterocycles. The Kier molecular flexibility index (Phi) is 2.20. The molecule has 0 amide bonds. The van der Waals surface area contributed by atoms with Crippen LogP contribution in [0.2, 0.25) is 0 Å². The van der Waals surface area contributed by atoms with Gasteiger partial charge in [-0.15, -0.1) is 0 Å². The number of benzene rings is 1. The van der Waals surface area contributed by atoms with E-state index in [1.807, 2.05) is 24.3 Å². The molecule has 14 heavy (non-hydrogen) atoms. The van der Waals surface area contributed by atoms with Crippen LogP contribution in [0, 0.1) is 11.3 Å². The van der Waals surface area contributed by atoms with Crippen LogP contribution in [0.1, 0.15) is 11.1 Å². The molecule has 0 saturated heterocycles. The normalized spacial score (nSPS) is 13.5. The molecule has 1 aromatic carbocycles. The lowest BCUT2D eigenvalue weighted by atomic mass is 10.1. The van der Waals surface area contributed by atoms with Gasteiger partial charge >= 0.3 is 0 Å². The molecule has 0 aromatic heterocycles. The predicted octanol–water partition coefficient (Wildman–Crippen LogP) is 1.95. The van der Waals surface area contributed by atoms with Crippen molar-refractivity contribution in [3.63, 3.8) is 0 Å². The maximum atomic E-state index is 8.89. The average Bonchev–Trinajstić information content (AvgIpc) is 2.30. The van der Waals surface area contributed by atoms with Gasteiger partial charge in [-0.05, 0) is 18.2 Å². The van der Waals surface area contributed by atoms with Gasteiger partial charge in [-0.1, -0.05) is 18.2 Å². The Hall–Kier alpha value is -2.21. The number of hydrogen-bond donors (Lipinski definition) is 1. The lowest BCUT2D eigenvalue weighted by Crippen LogP contribution is -2.12. The number of nitrogens with zero attached hydrogens (tertiary/aromatic N) is 1. The number of hydrogen-bond acceptors (Lipinski definition) is 3. The summed E-state index contributed by atoms with van der Waals surface area (Å²) in [4.78, 5) is 4.93. The molecule has 0 radical (unpaired) electrons. The number of allylic oxidation sites excluding steroid dienone is 2. The largest absolute Gasteiger partial charge is 0.390 e. The second-order valence-corrected chi connectivity index (χ2v) is 2.79. The number of rotatable bonds is 1. The van der Waals surface area contributed by atoms with Crippen molar-refractivity contribution in [2.45, 2.75) is 0 Å². The summed E-state index contributed by atoms with van der Waals surface area (Å²) in [5, 5.41) is 8.89. The van der Waals surface area contributed by atoms with Gasteiger partial charge in [-0.2, -0.15) is 5.26 Å². The van der Waals surface area contributed by atoms with Gasteiger partial charge < -0.3 is 4.84 Å². The molecular formula is C11H8N2O. The van der Waals surface area contributed by atoms with E-state index in [9.17, 15) is 0 Å². The van der Waals surface area contributed by atoms with Crippen LogP contribution in [0.15, 0.2) is 42.7 Å². The molecule has 1 aromatic rings. The Morgan fingerprint density at radius 2 is 2.14 bits per heavy atom. The summed E-state index contributed by atoms with van der Waals surface area (Å²) in [6.45, 7) is 0. The molecular weight excluding hydrogens is 176 g/mol. The third kappa shape index (κ3) is 1.46. The predicted molar refractivity (Wildman–Crippen MR) is 52.5 cm³/mol. The summed E-state index contributed by atoms with van der Waals surface area (Å²) in [5.41, 5.74) is 5.01. The summed E-state index contributed by atoms with van der Waals surface area (Å²) >= 11 is 0. The monoisotopic (exact) mass is 184 g/mol. The van der Waals surface area contributed by atoms with Gasteiger partial charge in [-0.25, -0.2) is 5.48 Å². The zero-order valence-corrected chi connectivity index (χ0v) is 7.40. The van der Waals surface area contributed by atoms with E-state index in [0.29, 0.717) is 5.56 Å². The number of hydroxylamine groups is 1. The summed E-state index contributed by atoms with van der Waals surface area (Å²) < 4.78 is 0. The molecule has 1 N–H and O–H groups in total. The van der Waals surface area contributed by atoms with Crippen molar-refractivity contribution in [1.82, 2.24) is 5.48 Å². The Bertz CT molecular complexity index is 441. The van der Waals surface area contributed by atoms with Crippen LogP contribution < -0.4 is 5.48 Å². The topological polar surface area (TPSA) is 45.0 Å². The van der Waals surface area contributed by atoms with Crippen LogP contribution in [0.25, 0.3) is 5.70 Å². The van der Waals surface area contributed by atoms with Crippen LogP contribution in [0.4, 0.5) is 0 Å². The van der Waals surface area contributed by atoms with E-state index >= 15 is 0 Å². The van der Waals surface area contributed by atoms with Gasteiger partial charge in [0.2, 0.25) is 0 Å². The molecule has 2 rings (SSSR count). The summed E-state index contributed by atoms with van der Waals surface area (Å²) in [6.07, 6.45) is 5.18. The van der Waals surface area contributed by atoms with Crippen molar-refractivity contribution in [3.8, 4) is 6.07 Å². The van der Waals surface area contributed by atoms with Crippen LogP contribution in [-0.4, -0.2) is 0 Å². The van der Waals surface area contributed by atoms with E-state index in [1.165, 1.54) is 0 Å². The average molecular weight is 184 g/mol. The molecule has 0 fully saturated rings. The van der Waals surface area contributed by atoms with Crippen LogP contribution in [0.5, 0.6) is 0 Å². The molecule has 0 saturated carbocycles. The first kappa shape index (κ1) is 8.39. The minimum Gasteiger partial charge on any atom is -0.390 e. The lowest BCUT2D eigenvalue weighted by Gasteiger charge is -2.12. The van der Waals surface area contributed by atoms with Gasteiger partial charge in [-0.3, -0.25) is 0 Å². The summed E-state index contributed by atoms with van der Waals surface area (Å²) in [5.74, 6) is 0. The fourth-order valence-corrected chi connectivity index (χ4v) is 1.27. The molecule has 1 aliphatic heterocycles. The first-order chi connectivity index (χ1) is 6.92. The Morgan fingerprint density at radius 1 is 1.29 bits per heavy atom. The van der Waals surface area contributed by atoms with E-state index < -0.39 is 0 Å². The summed E-state index contributed by atoms with van der Waals surface area (Å²) in [7, 11) is 0. The molecule has 0 atom stereocenters. The number of nitrogens with one attached hydrogen (secondary N) is 1. The molecule has 0 bridgehead atoms. The maximum Gasteiger partial charge on any atom is 0.119 e. The van der Waals surface area contributed by atoms with Crippen molar-refractivity contribution in [2.24, 2.45) is 0 Å². The zero-order chi connectivity index (χ0) is 9.80. The quantitative estimate of drug-likeness (QED) is 0.725. The Balaban J connectivity index is 2.46. The van der Waals surface area contributed by atoms with E-state index in [1.54, 1.807) is 18.4 Å². The van der Waals surface area contributed by atoms with Crippen molar-refractivity contribution < 1.29 is 4.84 Å². The van der Waals surface area contributed by atoms with Gasteiger partial charge in [0.1, 0.15) is 6.26 Å². The lowest BCUT2D eigenvalue weighted by molar-refractivity contribution is 0.181. The van der Waals surface area contributed by atoms with E-state index in [0.717, 1.165) is 11.3 Å². The third-order valence-corrected chi connectivity index (χ3v) is 1.92. The molecule has 68 valence electrons. The molecule has 0 spiro atoms. The van der Waals surface area contributed by atoms with Crippen molar-refractivity contribution in [2.75, 3.05) is 0 Å². The molecule has 3 nitrogen and oxygen atoms in total. The van der Waals surface area contributed by atoms with E-state index in [2.05, 4.69) is 11.5 Å². The smallest absolute Gasteiger partial charge is 0.119 e. The van der Waals surface area contributed by atoms with Gasteiger partial charge in [0.05, 0.1) is 17.3 Å². The summed E-state index contributed by atoms with van der Waals surface area (Å²) in [6, 6.07) is 9.50. The van der Waals surface area contributed by atoms with Gasteiger partial charge in [0, 0.05) is 5.56 Å². The van der Waals surface area contributed by atoms with Gasteiger partial charge in [0.15, 0.2) is 0 Å². The van der Waals surface area contributed by atoms with Crippen molar-refractivity contribution >= 4 is 5.70 Å². The highest BCUT2D eigenvalue weighted by atomic mass is 16.6. The third-order valence-electron chi connectivity index (χ3n) is 1.92. The van der Waals surface area contributed by atoms with Crippen molar-refractivity contribution in [1.29, 1.82) is 5.26 Å². The van der Waals surface area contributed by atoms with E-state index in [4.69, 9.17) is 10.1 Å². The standard InChI is InChI=1S/C11H8N2O/c12-8-9-4-1-2-5-10(9)11-6-3-7-14-13-11/h1-7,13H. The molecule has 3 heteroatoms. The minimum atomic E-state index is 0.630. The van der Waals surface area contributed by atoms with Crippen molar-refractivity contribution in [3.05, 3.63) is 53.8 Å². The molecule has 1 aliphatic rings.